The van der Waals surface area contributed by atoms with Crippen molar-refractivity contribution >= 4 is 28.4 Å². The molecule has 1 aromatic carbocycles. The van der Waals surface area contributed by atoms with Crippen molar-refractivity contribution in [2.45, 2.75) is 13.1 Å². The molecular formula is C13H13BrF3NO2. The van der Waals surface area contributed by atoms with Gasteiger partial charge in [-0.2, -0.15) is 13.2 Å². The Labute approximate surface area is 123 Å². The fourth-order valence-electron chi connectivity index (χ4n) is 1.57. The highest BCUT2D eigenvalue weighted by Gasteiger charge is 2.29. The van der Waals surface area contributed by atoms with E-state index in [2.05, 4.69) is 15.9 Å². The molecule has 0 unspecified atom stereocenters. The summed E-state index contributed by atoms with van der Waals surface area (Å²) in [4.78, 5) is 11.2. The molecule has 0 atom stereocenters. The highest BCUT2D eigenvalue weighted by molar-refractivity contribution is 9.10. The number of rotatable bonds is 5. The monoisotopic (exact) mass is 351 g/mol. The lowest BCUT2D eigenvalue weighted by Gasteiger charge is -2.15. The molecular weight excluding hydrogens is 339 g/mol. The van der Waals surface area contributed by atoms with Crippen LogP contribution < -0.4 is 4.74 Å². The van der Waals surface area contributed by atoms with Crippen LogP contribution in [0.4, 0.5) is 13.2 Å². The van der Waals surface area contributed by atoms with Crippen molar-refractivity contribution in [3.8, 4) is 5.75 Å². The van der Waals surface area contributed by atoms with Crippen LogP contribution in [0.5, 0.6) is 5.75 Å². The fourth-order valence-corrected chi connectivity index (χ4v) is 2.02. The van der Waals surface area contributed by atoms with Gasteiger partial charge in [0.05, 0.1) is 7.11 Å². The number of carbonyl (C=O) groups excluding carboxylic acids is 1. The number of alkyl halides is 3. The number of amides is 1. The molecule has 3 nitrogen and oxygen atoms in total. The summed E-state index contributed by atoms with van der Waals surface area (Å²) in [5, 5.41) is 0. The molecule has 1 rings (SSSR count). The molecule has 0 saturated heterocycles. The predicted octanol–water partition coefficient (Wildman–Crippen LogP) is 3.76. The number of methoxy groups -OCH3 is 1. The van der Waals surface area contributed by atoms with Crippen molar-refractivity contribution in [1.29, 1.82) is 0 Å². The van der Waals surface area contributed by atoms with Gasteiger partial charge in [0.1, 0.15) is 12.3 Å². The van der Waals surface area contributed by atoms with Crippen molar-refractivity contribution in [3.05, 3.63) is 33.9 Å². The summed E-state index contributed by atoms with van der Waals surface area (Å²) in [7, 11) is 1.50. The molecule has 1 amide bonds. The molecule has 0 fully saturated rings. The van der Waals surface area contributed by atoms with Crippen LogP contribution in [0.3, 0.4) is 0 Å². The quantitative estimate of drug-likeness (QED) is 0.756. The first-order chi connectivity index (χ1) is 9.26. The Kier molecular flexibility index (Phi) is 5.62. The van der Waals surface area contributed by atoms with Gasteiger partial charge in [0, 0.05) is 10.7 Å². The highest BCUT2D eigenvalue weighted by atomic mass is 79.9. The number of carbonyl (C=O) groups is 1. The molecule has 0 aliphatic heterocycles. The Morgan fingerprint density at radius 1 is 1.40 bits per heavy atom. The van der Waals surface area contributed by atoms with Gasteiger partial charge in [-0.1, -0.05) is 15.9 Å². The van der Waals surface area contributed by atoms with Gasteiger partial charge >= 0.3 is 6.18 Å². The maximum atomic E-state index is 12.2. The van der Waals surface area contributed by atoms with Crippen molar-refractivity contribution in [3.63, 3.8) is 0 Å². The summed E-state index contributed by atoms with van der Waals surface area (Å²) in [5.74, 6) is 0.604. The zero-order chi connectivity index (χ0) is 15.3. The zero-order valence-corrected chi connectivity index (χ0v) is 12.5. The van der Waals surface area contributed by atoms with Crippen LogP contribution in [0, 0.1) is 6.92 Å². The molecule has 0 saturated carbocycles. The van der Waals surface area contributed by atoms with Crippen LogP contribution in [0.1, 0.15) is 11.1 Å². The minimum absolute atomic E-state index is 0.133. The van der Waals surface area contributed by atoms with E-state index >= 15 is 0 Å². The van der Waals surface area contributed by atoms with E-state index in [1.807, 2.05) is 0 Å². The lowest BCUT2D eigenvalue weighted by Crippen LogP contribution is -2.29. The standard InChI is InChI=1S/C13H13BrF3NO2/c1-9-10(5-11(14)6-12(9)20-2)3-4-18(8-19)7-13(15,16)17/h3-6,8H,7H2,1-2H3/b4-3-. The molecule has 20 heavy (non-hydrogen) atoms. The van der Waals surface area contributed by atoms with Gasteiger partial charge < -0.3 is 9.64 Å². The third-order valence-corrected chi connectivity index (χ3v) is 2.99. The summed E-state index contributed by atoms with van der Waals surface area (Å²) in [6.07, 6.45) is -1.78. The normalized spacial score (nSPS) is 11.7. The van der Waals surface area contributed by atoms with Crippen LogP contribution in [0.2, 0.25) is 0 Å². The number of hydrogen-bond donors (Lipinski definition) is 0. The van der Waals surface area contributed by atoms with Crippen molar-refractivity contribution < 1.29 is 22.7 Å². The summed E-state index contributed by atoms with van der Waals surface area (Å²) >= 11 is 3.28. The van der Waals surface area contributed by atoms with E-state index in [1.165, 1.54) is 13.2 Å². The number of halogens is 4. The third kappa shape index (κ3) is 4.88. The van der Waals surface area contributed by atoms with Gasteiger partial charge in [0.15, 0.2) is 0 Å². The third-order valence-electron chi connectivity index (χ3n) is 2.53. The lowest BCUT2D eigenvalue weighted by molar-refractivity contribution is -0.148. The Morgan fingerprint density at radius 2 is 2.05 bits per heavy atom. The van der Waals surface area contributed by atoms with E-state index in [4.69, 9.17) is 4.74 Å². The molecule has 0 N–H and O–H groups in total. The smallest absolute Gasteiger partial charge is 0.406 e. The second-order valence-electron chi connectivity index (χ2n) is 4.03. The molecule has 1 aromatic rings. The van der Waals surface area contributed by atoms with E-state index in [9.17, 15) is 18.0 Å². The maximum Gasteiger partial charge on any atom is 0.406 e. The minimum atomic E-state index is -4.44. The van der Waals surface area contributed by atoms with Crippen LogP contribution in [-0.4, -0.2) is 31.1 Å². The molecule has 110 valence electrons. The van der Waals surface area contributed by atoms with Gasteiger partial charge in [0.25, 0.3) is 0 Å². The molecule has 0 bridgehead atoms. The average molecular weight is 352 g/mol. The highest BCUT2D eigenvalue weighted by Crippen LogP contribution is 2.28. The summed E-state index contributed by atoms with van der Waals surface area (Å²) < 4.78 is 42.5. The SMILES string of the molecule is COc1cc(Br)cc(/C=C\N(C=O)CC(F)(F)F)c1C. The number of ether oxygens (including phenoxy) is 1. The van der Waals surface area contributed by atoms with Gasteiger partial charge in [-0.15, -0.1) is 0 Å². The van der Waals surface area contributed by atoms with Crippen molar-refractivity contribution in [2.75, 3.05) is 13.7 Å². The van der Waals surface area contributed by atoms with E-state index in [1.54, 1.807) is 19.1 Å². The predicted molar refractivity (Wildman–Crippen MR) is 73.3 cm³/mol. The van der Waals surface area contributed by atoms with Crippen LogP contribution in [-0.2, 0) is 4.79 Å². The van der Waals surface area contributed by atoms with E-state index in [0.29, 0.717) is 16.2 Å². The molecule has 0 spiro atoms. The molecule has 7 heteroatoms. The minimum Gasteiger partial charge on any atom is -0.496 e. The molecule has 0 heterocycles. The number of nitrogens with zero attached hydrogens (tertiary/aromatic N) is 1. The van der Waals surface area contributed by atoms with Crippen molar-refractivity contribution in [1.82, 2.24) is 4.90 Å². The van der Waals surface area contributed by atoms with Gasteiger partial charge in [-0.3, -0.25) is 4.79 Å². The Balaban J connectivity index is 2.99. The van der Waals surface area contributed by atoms with E-state index < -0.39 is 12.7 Å². The van der Waals surface area contributed by atoms with Crippen LogP contribution in [0.25, 0.3) is 6.08 Å². The largest absolute Gasteiger partial charge is 0.496 e. The van der Waals surface area contributed by atoms with E-state index in [0.717, 1.165) is 16.2 Å². The first kappa shape index (κ1) is 16.6. The second-order valence-corrected chi connectivity index (χ2v) is 4.95. The number of benzene rings is 1. The van der Waals surface area contributed by atoms with Crippen LogP contribution in [0.15, 0.2) is 22.8 Å². The van der Waals surface area contributed by atoms with Gasteiger partial charge in [-0.05, 0) is 36.3 Å². The lowest BCUT2D eigenvalue weighted by atomic mass is 10.1. The van der Waals surface area contributed by atoms with E-state index in [-0.39, 0.29) is 6.41 Å². The Hall–Kier alpha value is -1.50. The second kappa shape index (κ2) is 6.78. The Morgan fingerprint density at radius 3 is 2.55 bits per heavy atom. The van der Waals surface area contributed by atoms with Gasteiger partial charge in [0.2, 0.25) is 6.41 Å². The zero-order valence-electron chi connectivity index (χ0n) is 10.9. The van der Waals surface area contributed by atoms with Gasteiger partial charge in [-0.25, -0.2) is 0 Å². The Bertz CT molecular complexity index is 515. The average Bonchev–Trinajstić information content (AvgIpc) is 2.36. The maximum absolute atomic E-state index is 12.2. The summed E-state index contributed by atoms with van der Waals surface area (Å²) in [5.41, 5.74) is 1.43. The fraction of sp³-hybridized carbons (Fsp3) is 0.308. The molecule has 0 aromatic heterocycles. The van der Waals surface area contributed by atoms with Crippen LogP contribution >= 0.6 is 15.9 Å². The number of hydrogen-bond acceptors (Lipinski definition) is 2. The van der Waals surface area contributed by atoms with Crippen molar-refractivity contribution in [2.24, 2.45) is 0 Å². The topological polar surface area (TPSA) is 29.5 Å². The molecule has 0 radical (unpaired) electrons. The summed E-state index contributed by atoms with van der Waals surface area (Å²) in [6, 6.07) is 3.48. The molecule has 0 aliphatic carbocycles. The molecule has 0 aliphatic rings. The summed E-state index contributed by atoms with van der Waals surface area (Å²) in [6.45, 7) is 0.455. The first-order valence-corrected chi connectivity index (χ1v) is 6.36. The first-order valence-electron chi connectivity index (χ1n) is 5.57.